The lowest BCUT2D eigenvalue weighted by atomic mass is 10.1. The Balaban J connectivity index is 2.03. The maximum absolute atomic E-state index is 12.5. The van der Waals surface area contributed by atoms with Crippen LogP contribution in [-0.4, -0.2) is 25.2 Å². The van der Waals surface area contributed by atoms with E-state index in [1.165, 1.54) is 0 Å². The van der Waals surface area contributed by atoms with E-state index in [0.29, 0.717) is 13.2 Å². The van der Waals surface area contributed by atoms with Gasteiger partial charge in [-0.2, -0.15) is 0 Å². The van der Waals surface area contributed by atoms with Crippen molar-refractivity contribution < 1.29 is 19.6 Å². The molecule has 0 heterocycles. The number of aryl methyl sites for hydroxylation is 1. The third-order valence-corrected chi connectivity index (χ3v) is 4.37. The van der Waals surface area contributed by atoms with Gasteiger partial charge < -0.3 is 20.1 Å². The summed E-state index contributed by atoms with van der Waals surface area (Å²) in [5.41, 5.74) is 3.04. The van der Waals surface area contributed by atoms with Crippen molar-refractivity contribution in [2.24, 2.45) is 0 Å². The molecular formula is C22H31N2O3+. The Morgan fingerprint density at radius 3 is 2.41 bits per heavy atom. The average Bonchev–Trinajstić information content (AvgIpc) is 2.63. The van der Waals surface area contributed by atoms with Crippen molar-refractivity contribution in [2.45, 2.75) is 46.7 Å². The normalized spacial score (nSPS) is 12.9. The zero-order valence-corrected chi connectivity index (χ0v) is 16.9. The minimum absolute atomic E-state index is 0.0107. The van der Waals surface area contributed by atoms with Gasteiger partial charge in [-0.25, -0.2) is 0 Å². The van der Waals surface area contributed by atoms with Crippen LogP contribution in [-0.2, 0) is 4.79 Å². The molecule has 2 rings (SSSR count). The van der Waals surface area contributed by atoms with Crippen molar-refractivity contribution >= 4 is 11.6 Å². The molecule has 0 unspecified atom stereocenters. The van der Waals surface area contributed by atoms with Crippen molar-refractivity contribution in [3.8, 4) is 11.5 Å². The van der Waals surface area contributed by atoms with Crippen LogP contribution in [0.25, 0.3) is 0 Å². The van der Waals surface area contributed by atoms with Crippen molar-refractivity contribution in [1.29, 1.82) is 0 Å². The first-order chi connectivity index (χ1) is 12.9. The van der Waals surface area contributed by atoms with E-state index in [4.69, 9.17) is 9.47 Å². The second kappa shape index (κ2) is 9.97. The smallest absolute Gasteiger partial charge is 0.282 e. The third-order valence-electron chi connectivity index (χ3n) is 4.37. The lowest BCUT2D eigenvalue weighted by Crippen LogP contribution is -2.91. The summed E-state index contributed by atoms with van der Waals surface area (Å²) in [7, 11) is 0. The second-order valence-electron chi connectivity index (χ2n) is 6.70. The van der Waals surface area contributed by atoms with Gasteiger partial charge in [0.25, 0.3) is 5.91 Å². The Hall–Kier alpha value is -2.53. The average molecular weight is 372 g/mol. The highest BCUT2D eigenvalue weighted by Crippen LogP contribution is 2.30. The van der Waals surface area contributed by atoms with Crippen LogP contribution < -0.4 is 20.1 Å². The standard InChI is InChI=1S/C22H30N2O3/c1-6-26-20-12-11-18(14-21(20)27-7-2)16(4)23-17(5)22(25)24-19-10-8-9-15(3)13-19/h8-14,16-17,23H,6-7H2,1-5H3,(H,24,25)/p+1/t16-,17+/m1/s1. The fourth-order valence-corrected chi connectivity index (χ4v) is 2.96. The minimum atomic E-state index is -0.220. The summed E-state index contributed by atoms with van der Waals surface area (Å²) in [6.07, 6.45) is 0. The molecule has 3 N–H and O–H groups in total. The number of ether oxygens (including phenoxy) is 2. The van der Waals surface area contributed by atoms with E-state index >= 15 is 0 Å². The monoisotopic (exact) mass is 371 g/mol. The van der Waals surface area contributed by atoms with Gasteiger partial charge in [-0.1, -0.05) is 12.1 Å². The molecule has 0 spiro atoms. The Bertz CT molecular complexity index is 761. The molecule has 0 saturated heterocycles. The Morgan fingerprint density at radius 1 is 1.04 bits per heavy atom. The van der Waals surface area contributed by atoms with Crippen LogP contribution >= 0.6 is 0 Å². The van der Waals surface area contributed by atoms with E-state index in [2.05, 4.69) is 17.6 Å². The number of nitrogens with one attached hydrogen (secondary N) is 1. The number of benzene rings is 2. The SMILES string of the molecule is CCOc1ccc([C@@H](C)[NH2+][C@@H](C)C(=O)Nc2cccc(C)c2)cc1OCC. The molecule has 0 aromatic heterocycles. The maximum Gasteiger partial charge on any atom is 0.282 e. The van der Waals surface area contributed by atoms with Crippen LogP contribution in [0.2, 0.25) is 0 Å². The number of carbonyl (C=O) groups excluding carboxylic acids is 1. The molecule has 0 fully saturated rings. The number of amides is 1. The van der Waals surface area contributed by atoms with E-state index < -0.39 is 0 Å². The molecule has 0 aliphatic rings. The molecule has 0 aliphatic carbocycles. The lowest BCUT2D eigenvalue weighted by molar-refractivity contribution is -0.709. The topological polar surface area (TPSA) is 64.2 Å². The van der Waals surface area contributed by atoms with E-state index in [1.807, 2.05) is 70.2 Å². The molecule has 27 heavy (non-hydrogen) atoms. The Kier molecular flexibility index (Phi) is 7.67. The highest BCUT2D eigenvalue weighted by Gasteiger charge is 2.21. The number of hydrogen-bond donors (Lipinski definition) is 2. The van der Waals surface area contributed by atoms with Gasteiger partial charge in [0.15, 0.2) is 17.5 Å². The summed E-state index contributed by atoms with van der Waals surface area (Å²) in [5.74, 6) is 1.48. The zero-order valence-electron chi connectivity index (χ0n) is 16.9. The summed E-state index contributed by atoms with van der Waals surface area (Å²) in [6.45, 7) is 11.1. The summed E-state index contributed by atoms with van der Waals surface area (Å²) in [5, 5.41) is 5.03. The van der Waals surface area contributed by atoms with Gasteiger partial charge in [0.2, 0.25) is 0 Å². The molecular weight excluding hydrogens is 340 g/mol. The van der Waals surface area contributed by atoms with E-state index in [9.17, 15) is 4.79 Å². The van der Waals surface area contributed by atoms with Crippen LogP contribution in [0.4, 0.5) is 5.69 Å². The quantitative estimate of drug-likeness (QED) is 0.710. The summed E-state index contributed by atoms with van der Waals surface area (Å²) < 4.78 is 11.3. The van der Waals surface area contributed by atoms with Gasteiger partial charge in [0.1, 0.15) is 6.04 Å². The molecule has 1 amide bonds. The number of rotatable bonds is 9. The van der Waals surface area contributed by atoms with Crippen LogP contribution in [0.1, 0.15) is 44.9 Å². The van der Waals surface area contributed by atoms with Gasteiger partial charge in [0, 0.05) is 11.3 Å². The first-order valence-electron chi connectivity index (χ1n) is 9.56. The molecule has 2 atom stereocenters. The van der Waals surface area contributed by atoms with E-state index in [1.54, 1.807) is 0 Å². The number of carbonyl (C=O) groups is 1. The summed E-state index contributed by atoms with van der Waals surface area (Å²) >= 11 is 0. The highest BCUT2D eigenvalue weighted by molar-refractivity contribution is 5.93. The van der Waals surface area contributed by atoms with Crippen molar-refractivity contribution in [3.05, 3.63) is 53.6 Å². The van der Waals surface area contributed by atoms with Crippen LogP contribution in [0.3, 0.4) is 0 Å². The van der Waals surface area contributed by atoms with Gasteiger partial charge in [-0.05, 0) is 70.5 Å². The molecule has 0 aliphatic heterocycles. The van der Waals surface area contributed by atoms with Gasteiger partial charge in [-0.3, -0.25) is 4.79 Å². The highest BCUT2D eigenvalue weighted by atomic mass is 16.5. The van der Waals surface area contributed by atoms with Crippen LogP contribution in [0, 0.1) is 6.92 Å². The molecule has 2 aromatic carbocycles. The Morgan fingerprint density at radius 2 is 1.74 bits per heavy atom. The third kappa shape index (κ3) is 6.00. The van der Waals surface area contributed by atoms with E-state index in [0.717, 1.165) is 28.3 Å². The predicted molar refractivity (Wildman–Crippen MR) is 108 cm³/mol. The summed E-state index contributed by atoms with van der Waals surface area (Å²) in [4.78, 5) is 12.5. The largest absolute Gasteiger partial charge is 0.490 e. The summed E-state index contributed by atoms with van der Waals surface area (Å²) in [6, 6.07) is 13.7. The van der Waals surface area contributed by atoms with Crippen LogP contribution in [0.15, 0.2) is 42.5 Å². The molecule has 2 aromatic rings. The Labute approximate surface area is 162 Å². The van der Waals surface area contributed by atoms with Gasteiger partial charge >= 0.3 is 0 Å². The van der Waals surface area contributed by atoms with E-state index in [-0.39, 0.29) is 18.0 Å². The van der Waals surface area contributed by atoms with Crippen LogP contribution in [0.5, 0.6) is 11.5 Å². The van der Waals surface area contributed by atoms with Crippen molar-refractivity contribution in [2.75, 3.05) is 18.5 Å². The fraction of sp³-hybridized carbons (Fsp3) is 0.409. The molecule has 0 saturated carbocycles. The lowest BCUT2D eigenvalue weighted by Gasteiger charge is -2.19. The minimum Gasteiger partial charge on any atom is -0.490 e. The molecule has 5 nitrogen and oxygen atoms in total. The first kappa shape index (κ1) is 20.8. The van der Waals surface area contributed by atoms with Crippen molar-refractivity contribution in [1.82, 2.24) is 0 Å². The number of anilines is 1. The predicted octanol–water partition coefficient (Wildman–Crippen LogP) is 3.44. The van der Waals surface area contributed by atoms with Gasteiger partial charge in [-0.15, -0.1) is 0 Å². The second-order valence-corrected chi connectivity index (χ2v) is 6.70. The first-order valence-corrected chi connectivity index (χ1v) is 9.56. The number of hydrogen-bond acceptors (Lipinski definition) is 3. The number of quaternary nitrogens is 1. The van der Waals surface area contributed by atoms with Crippen molar-refractivity contribution in [3.63, 3.8) is 0 Å². The number of nitrogens with two attached hydrogens (primary N) is 1. The maximum atomic E-state index is 12.5. The molecule has 146 valence electrons. The molecule has 5 heteroatoms. The molecule has 0 bridgehead atoms. The zero-order chi connectivity index (χ0) is 19.8. The van der Waals surface area contributed by atoms with Gasteiger partial charge in [0.05, 0.1) is 13.2 Å². The molecule has 0 radical (unpaired) electrons. The fourth-order valence-electron chi connectivity index (χ4n) is 2.96.